The minimum Gasteiger partial charge on any atom is -0.452 e. The highest BCUT2D eigenvalue weighted by molar-refractivity contribution is 5.91. The predicted octanol–water partition coefficient (Wildman–Crippen LogP) is 3.29. The molecule has 0 fully saturated rings. The molecule has 2 aromatic rings. The fourth-order valence-corrected chi connectivity index (χ4v) is 2.32. The first kappa shape index (κ1) is 17.7. The largest absolute Gasteiger partial charge is 0.452 e. The molecule has 0 heterocycles. The van der Waals surface area contributed by atoms with Gasteiger partial charge in [0.25, 0.3) is 5.91 Å². The van der Waals surface area contributed by atoms with Crippen LogP contribution in [0.1, 0.15) is 34.8 Å². The van der Waals surface area contributed by atoms with Gasteiger partial charge in [0.05, 0.1) is 5.56 Å². The second-order valence-corrected chi connectivity index (χ2v) is 5.93. The minimum atomic E-state index is -0.484. The summed E-state index contributed by atoms with van der Waals surface area (Å²) in [6.07, 6.45) is 1.73. The Morgan fingerprint density at radius 1 is 1.04 bits per heavy atom. The molecule has 24 heavy (non-hydrogen) atoms. The van der Waals surface area contributed by atoms with Crippen molar-refractivity contribution < 1.29 is 14.3 Å². The zero-order valence-electron chi connectivity index (χ0n) is 14.1. The molecule has 0 aliphatic rings. The fourth-order valence-electron chi connectivity index (χ4n) is 2.32. The van der Waals surface area contributed by atoms with E-state index in [2.05, 4.69) is 17.4 Å². The Bertz CT molecular complexity index is 665. The number of benzene rings is 2. The highest BCUT2D eigenvalue weighted by Crippen LogP contribution is 2.06. The van der Waals surface area contributed by atoms with E-state index in [4.69, 9.17) is 4.74 Å². The fraction of sp³-hybridized carbons (Fsp3) is 0.300. The first-order valence-electron chi connectivity index (χ1n) is 8.11. The SMILES string of the molecule is Cc1ccc(C(=O)OCC(=O)NC(C)CCc2ccccc2)cc1. The molecule has 0 radical (unpaired) electrons. The number of nitrogens with one attached hydrogen (secondary N) is 1. The quantitative estimate of drug-likeness (QED) is 0.795. The maximum absolute atomic E-state index is 11.9. The maximum atomic E-state index is 11.9. The van der Waals surface area contributed by atoms with Gasteiger partial charge >= 0.3 is 5.97 Å². The van der Waals surface area contributed by atoms with Gasteiger partial charge < -0.3 is 10.1 Å². The number of hydrogen-bond acceptors (Lipinski definition) is 3. The van der Waals surface area contributed by atoms with Crippen molar-refractivity contribution in [2.24, 2.45) is 0 Å². The lowest BCUT2D eigenvalue weighted by Gasteiger charge is -2.14. The lowest BCUT2D eigenvalue weighted by atomic mass is 10.1. The lowest BCUT2D eigenvalue weighted by molar-refractivity contribution is -0.124. The summed E-state index contributed by atoms with van der Waals surface area (Å²) in [7, 11) is 0. The van der Waals surface area contributed by atoms with Crippen LogP contribution in [0.5, 0.6) is 0 Å². The van der Waals surface area contributed by atoms with Gasteiger partial charge in [-0.3, -0.25) is 4.79 Å². The highest BCUT2D eigenvalue weighted by Gasteiger charge is 2.12. The van der Waals surface area contributed by atoms with Crippen LogP contribution in [-0.2, 0) is 16.0 Å². The van der Waals surface area contributed by atoms with E-state index in [0.717, 1.165) is 18.4 Å². The molecule has 1 atom stereocenters. The van der Waals surface area contributed by atoms with Crippen molar-refractivity contribution in [1.29, 1.82) is 0 Å². The lowest BCUT2D eigenvalue weighted by Crippen LogP contribution is -2.36. The zero-order valence-corrected chi connectivity index (χ0v) is 14.1. The highest BCUT2D eigenvalue weighted by atomic mass is 16.5. The molecule has 0 saturated heterocycles. The van der Waals surface area contributed by atoms with E-state index in [9.17, 15) is 9.59 Å². The Kier molecular flexibility index (Phi) is 6.55. The smallest absolute Gasteiger partial charge is 0.338 e. The van der Waals surface area contributed by atoms with Gasteiger partial charge in [-0.15, -0.1) is 0 Å². The van der Waals surface area contributed by atoms with Crippen LogP contribution in [0.4, 0.5) is 0 Å². The van der Waals surface area contributed by atoms with Crippen LogP contribution in [-0.4, -0.2) is 24.5 Å². The Hall–Kier alpha value is -2.62. The molecule has 0 spiro atoms. The van der Waals surface area contributed by atoms with E-state index < -0.39 is 5.97 Å². The third kappa shape index (κ3) is 5.88. The predicted molar refractivity (Wildman–Crippen MR) is 93.8 cm³/mol. The third-order valence-corrected chi connectivity index (χ3v) is 3.74. The topological polar surface area (TPSA) is 55.4 Å². The van der Waals surface area contributed by atoms with E-state index >= 15 is 0 Å². The van der Waals surface area contributed by atoms with Gasteiger partial charge in [-0.05, 0) is 44.4 Å². The Balaban J connectivity index is 1.70. The molecule has 0 aliphatic carbocycles. The van der Waals surface area contributed by atoms with Gasteiger partial charge in [0.1, 0.15) is 0 Å². The summed E-state index contributed by atoms with van der Waals surface area (Å²) >= 11 is 0. The van der Waals surface area contributed by atoms with Crippen LogP contribution >= 0.6 is 0 Å². The molecule has 4 heteroatoms. The molecular weight excluding hydrogens is 302 g/mol. The van der Waals surface area contributed by atoms with Gasteiger partial charge in [-0.1, -0.05) is 48.0 Å². The van der Waals surface area contributed by atoms with E-state index in [0.29, 0.717) is 5.56 Å². The molecule has 1 amide bonds. The molecule has 2 aromatic carbocycles. The van der Waals surface area contributed by atoms with Crippen LogP contribution in [0.25, 0.3) is 0 Å². The minimum absolute atomic E-state index is 0.0239. The average Bonchev–Trinajstić information content (AvgIpc) is 2.59. The second kappa shape index (κ2) is 8.87. The molecule has 4 nitrogen and oxygen atoms in total. The summed E-state index contributed by atoms with van der Waals surface area (Å²) in [4.78, 5) is 23.7. The van der Waals surface area contributed by atoms with Gasteiger partial charge in [0, 0.05) is 6.04 Å². The number of aryl methyl sites for hydroxylation is 2. The summed E-state index contributed by atoms with van der Waals surface area (Å²) in [5.41, 5.74) is 2.76. The van der Waals surface area contributed by atoms with Crippen molar-refractivity contribution >= 4 is 11.9 Å². The van der Waals surface area contributed by atoms with E-state index in [1.54, 1.807) is 12.1 Å². The number of rotatable bonds is 7. The maximum Gasteiger partial charge on any atom is 0.338 e. The van der Waals surface area contributed by atoms with E-state index in [1.807, 2.05) is 44.2 Å². The van der Waals surface area contributed by atoms with Crippen LogP contribution in [0, 0.1) is 6.92 Å². The number of carbonyl (C=O) groups excluding carboxylic acids is 2. The molecule has 0 saturated carbocycles. The Labute approximate surface area is 142 Å². The van der Waals surface area contributed by atoms with Crippen LogP contribution in [0.15, 0.2) is 54.6 Å². The molecule has 0 aromatic heterocycles. The zero-order chi connectivity index (χ0) is 17.4. The van der Waals surface area contributed by atoms with Gasteiger partial charge in [0.15, 0.2) is 6.61 Å². The number of amides is 1. The molecular formula is C20H23NO3. The van der Waals surface area contributed by atoms with Crippen LogP contribution < -0.4 is 5.32 Å². The Morgan fingerprint density at radius 2 is 1.71 bits per heavy atom. The van der Waals surface area contributed by atoms with Crippen LogP contribution in [0.2, 0.25) is 0 Å². The summed E-state index contributed by atoms with van der Waals surface area (Å²) in [5, 5.41) is 2.85. The van der Waals surface area contributed by atoms with E-state index in [1.165, 1.54) is 5.56 Å². The monoisotopic (exact) mass is 325 g/mol. The molecule has 0 aliphatic heterocycles. The van der Waals surface area contributed by atoms with Crippen molar-refractivity contribution in [1.82, 2.24) is 5.32 Å². The first-order chi connectivity index (χ1) is 11.5. The van der Waals surface area contributed by atoms with Crippen molar-refractivity contribution in [3.8, 4) is 0 Å². The number of esters is 1. The molecule has 1 N–H and O–H groups in total. The first-order valence-corrected chi connectivity index (χ1v) is 8.11. The Morgan fingerprint density at radius 3 is 2.38 bits per heavy atom. The normalized spacial score (nSPS) is 11.6. The standard InChI is InChI=1S/C20H23NO3/c1-15-8-12-18(13-9-15)20(23)24-14-19(22)21-16(2)10-11-17-6-4-3-5-7-17/h3-9,12-13,16H,10-11,14H2,1-2H3,(H,21,22). The average molecular weight is 325 g/mol. The third-order valence-electron chi connectivity index (χ3n) is 3.74. The van der Waals surface area contributed by atoms with Gasteiger partial charge in [-0.25, -0.2) is 4.79 Å². The summed E-state index contributed by atoms with van der Waals surface area (Å²) < 4.78 is 5.04. The van der Waals surface area contributed by atoms with Crippen molar-refractivity contribution in [3.63, 3.8) is 0 Å². The van der Waals surface area contributed by atoms with Gasteiger partial charge in [-0.2, -0.15) is 0 Å². The number of hydrogen-bond donors (Lipinski definition) is 1. The van der Waals surface area contributed by atoms with E-state index in [-0.39, 0.29) is 18.6 Å². The van der Waals surface area contributed by atoms with Crippen LogP contribution in [0.3, 0.4) is 0 Å². The van der Waals surface area contributed by atoms with Crippen molar-refractivity contribution in [2.75, 3.05) is 6.61 Å². The summed E-state index contributed by atoms with van der Waals surface area (Å²) in [5.74, 6) is -0.766. The number of ether oxygens (including phenoxy) is 1. The summed E-state index contributed by atoms with van der Waals surface area (Å²) in [6.45, 7) is 3.63. The summed E-state index contributed by atoms with van der Waals surface area (Å²) in [6, 6.07) is 17.2. The molecule has 2 rings (SSSR count). The number of carbonyl (C=O) groups is 2. The molecule has 0 bridgehead atoms. The molecule has 1 unspecified atom stereocenters. The molecule has 126 valence electrons. The van der Waals surface area contributed by atoms with Crippen molar-refractivity contribution in [3.05, 3.63) is 71.3 Å². The van der Waals surface area contributed by atoms with Gasteiger partial charge in [0.2, 0.25) is 0 Å². The second-order valence-electron chi connectivity index (χ2n) is 5.93. The van der Waals surface area contributed by atoms with Crippen molar-refractivity contribution in [2.45, 2.75) is 32.7 Å².